The average molecular weight is 321 g/mol. The number of anilines is 1. The number of hydrogen-bond acceptors (Lipinski definition) is 2. The van der Waals surface area contributed by atoms with Gasteiger partial charge in [0.05, 0.1) is 11.3 Å². The number of alkyl halides is 1. The third-order valence-electron chi connectivity index (χ3n) is 4.02. The van der Waals surface area contributed by atoms with Crippen molar-refractivity contribution < 1.29 is 0 Å². The number of rotatable bonds is 2. The number of halogens is 1. The highest BCUT2D eigenvalue weighted by Gasteiger charge is 2.24. The second-order valence-electron chi connectivity index (χ2n) is 6.10. The Morgan fingerprint density at radius 1 is 1.32 bits per heavy atom. The number of nitrogens with zero attached hydrogens (tertiary/aromatic N) is 2. The molecule has 0 bridgehead atoms. The highest BCUT2D eigenvalue weighted by Crippen LogP contribution is 2.33. The minimum absolute atomic E-state index is 0.428. The molecule has 0 spiro atoms. The van der Waals surface area contributed by atoms with Crippen molar-refractivity contribution in [3.05, 3.63) is 29.3 Å². The summed E-state index contributed by atoms with van der Waals surface area (Å²) in [6, 6.07) is 8.56. The summed E-state index contributed by atoms with van der Waals surface area (Å²) >= 11 is 3.45. The molecule has 0 unspecified atom stereocenters. The van der Waals surface area contributed by atoms with Gasteiger partial charge >= 0.3 is 0 Å². The predicted molar refractivity (Wildman–Crippen MR) is 83.6 cm³/mol. The highest BCUT2D eigenvalue weighted by molar-refractivity contribution is 9.08. The van der Waals surface area contributed by atoms with E-state index >= 15 is 0 Å². The Hall–Kier alpha value is -1.01. The molecule has 0 N–H and O–H groups in total. The van der Waals surface area contributed by atoms with Crippen molar-refractivity contribution in [2.75, 3.05) is 18.0 Å². The number of hydrogen-bond donors (Lipinski definition) is 0. The molecule has 102 valence electrons. The average Bonchev–Trinajstić information content (AvgIpc) is 2.59. The molecular weight excluding hydrogens is 300 g/mol. The van der Waals surface area contributed by atoms with Gasteiger partial charge in [-0.15, -0.1) is 0 Å². The molecule has 2 rings (SSSR count). The predicted octanol–water partition coefficient (Wildman–Crippen LogP) is 4.47. The first-order valence-electron chi connectivity index (χ1n) is 6.90. The molecule has 0 amide bonds. The van der Waals surface area contributed by atoms with Crippen LogP contribution < -0.4 is 4.90 Å². The van der Waals surface area contributed by atoms with Crippen molar-refractivity contribution in [2.24, 2.45) is 5.41 Å². The van der Waals surface area contributed by atoms with E-state index in [0.29, 0.717) is 5.41 Å². The van der Waals surface area contributed by atoms with Gasteiger partial charge in [0.1, 0.15) is 6.07 Å². The third kappa shape index (κ3) is 3.51. The largest absolute Gasteiger partial charge is 0.370 e. The van der Waals surface area contributed by atoms with E-state index in [1.807, 2.05) is 6.07 Å². The summed E-state index contributed by atoms with van der Waals surface area (Å²) in [6.07, 6.45) is 3.67. The molecule has 1 aromatic carbocycles. The molecule has 0 atom stereocenters. The van der Waals surface area contributed by atoms with Gasteiger partial charge in [0.15, 0.2) is 0 Å². The minimum atomic E-state index is 0.428. The van der Waals surface area contributed by atoms with Crippen LogP contribution in [-0.2, 0) is 5.33 Å². The molecule has 0 aromatic heterocycles. The molecule has 1 fully saturated rings. The van der Waals surface area contributed by atoms with Crippen molar-refractivity contribution in [3.63, 3.8) is 0 Å². The molecular formula is C16H21BrN2. The van der Waals surface area contributed by atoms with E-state index in [4.69, 9.17) is 0 Å². The summed E-state index contributed by atoms with van der Waals surface area (Å²) in [5, 5.41) is 10.2. The van der Waals surface area contributed by atoms with E-state index in [9.17, 15) is 5.26 Å². The zero-order valence-electron chi connectivity index (χ0n) is 11.7. The smallest absolute Gasteiger partial charge is 0.101 e. The van der Waals surface area contributed by atoms with Crippen molar-refractivity contribution in [2.45, 2.75) is 38.4 Å². The molecule has 1 aliphatic rings. The minimum Gasteiger partial charge on any atom is -0.370 e. The molecule has 0 saturated carbocycles. The van der Waals surface area contributed by atoms with Gasteiger partial charge in [-0.1, -0.05) is 35.8 Å². The Morgan fingerprint density at radius 3 is 2.79 bits per heavy atom. The van der Waals surface area contributed by atoms with Gasteiger partial charge in [0.2, 0.25) is 0 Å². The van der Waals surface area contributed by atoms with E-state index in [0.717, 1.165) is 35.2 Å². The molecule has 1 saturated heterocycles. The molecule has 3 heteroatoms. The summed E-state index contributed by atoms with van der Waals surface area (Å²) < 4.78 is 0. The fourth-order valence-corrected chi connectivity index (χ4v) is 3.04. The SMILES string of the molecule is CC1(C)CCCN(c2ccc(CBr)cc2C#N)CC1. The first-order chi connectivity index (χ1) is 9.05. The summed E-state index contributed by atoms with van der Waals surface area (Å²) in [5.41, 5.74) is 3.49. The van der Waals surface area contributed by atoms with E-state index < -0.39 is 0 Å². The van der Waals surface area contributed by atoms with Gasteiger partial charge in [-0.3, -0.25) is 0 Å². The van der Waals surface area contributed by atoms with E-state index in [1.54, 1.807) is 0 Å². The lowest BCUT2D eigenvalue weighted by Crippen LogP contribution is -2.25. The Morgan fingerprint density at radius 2 is 2.11 bits per heavy atom. The second-order valence-corrected chi connectivity index (χ2v) is 6.66. The molecule has 1 aliphatic heterocycles. The topological polar surface area (TPSA) is 27.0 Å². The molecule has 1 heterocycles. The zero-order chi connectivity index (χ0) is 13.9. The summed E-state index contributed by atoms with van der Waals surface area (Å²) in [4.78, 5) is 2.38. The van der Waals surface area contributed by atoms with Gasteiger partial charge < -0.3 is 4.90 Å². The maximum atomic E-state index is 9.35. The maximum Gasteiger partial charge on any atom is 0.101 e. The van der Waals surface area contributed by atoms with E-state index in [-0.39, 0.29) is 0 Å². The van der Waals surface area contributed by atoms with Crippen LogP contribution >= 0.6 is 15.9 Å². The first kappa shape index (κ1) is 14.4. The lowest BCUT2D eigenvalue weighted by Gasteiger charge is -2.25. The molecule has 2 nitrogen and oxygen atoms in total. The normalized spacial score (nSPS) is 18.7. The first-order valence-corrected chi connectivity index (χ1v) is 8.02. The van der Waals surface area contributed by atoms with Crippen LogP contribution in [0.1, 0.15) is 44.2 Å². The highest BCUT2D eigenvalue weighted by atomic mass is 79.9. The van der Waals surface area contributed by atoms with Gasteiger partial charge in [0, 0.05) is 18.4 Å². The van der Waals surface area contributed by atoms with Crippen molar-refractivity contribution in [1.82, 2.24) is 0 Å². The van der Waals surface area contributed by atoms with Crippen LogP contribution in [0, 0.1) is 16.7 Å². The Labute approximate surface area is 124 Å². The van der Waals surface area contributed by atoms with E-state index in [2.05, 4.69) is 52.9 Å². The van der Waals surface area contributed by atoms with Crippen LogP contribution in [0.2, 0.25) is 0 Å². The fraction of sp³-hybridized carbons (Fsp3) is 0.562. The van der Waals surface area contributed by atoms with Crippen LogP contribution in [0.25, 0.3) is 0 Å². The number of benzene rings is 1. The van der Waals surface area contributed by atoms with Gasteiger partial charge in [-0.2, -0.15) is 5.26 Å². The molecule has 1 aromatic rings. The standard InChI is InChI=1S/C16H21BrN2/c1-16(2)6-3-8-19(9-7-16)15-5-4-13(11-17)10-14(15)12-18/h4-5,10H,3,6-9,11H2,1-2H3. The van der Waals surface area contributed by atoms with Gasteiger partial charge in [-0.05, 0) is 42.4 Å². The molecule has 19 heavy (non-hydrogen) atoms. The molecule has 0 radical (unpaired) electrons. The number of nitriles is 1. The summed E-state index contributed by atoms with van der Waals surface area (Å²) in [5.74, 6) is 0. The zero-order valence-corrected chi connectivity index (χ0v) is 13.3. The van der Waals surface area contributed by atoms with Crippen LogP contribution in [0.3, 0.4) is 0 Å². The van der Waals surface area contributed by atoms with Crippen LogP contribution in [-0.4, -0.2) is 13.1 Å². The lowest BCUT2D eigenvalue weighted by atomic mass is 9.85. The lowest BCUT2D eigenvalue weighted by molar-refractivity contribution is 0.325. The van der Waals surface area contributed by atoms with Gasteiger partial charge in [-0.25, -0.2) is 0 Å². The maximum absolute atomic E-state index is 9.35. The second kappa shape index (κ2) is 5.96. The van der Waals surface area contributed by atoms with Crippen LogP contribution in [0.5, 0.6) is 0 Å². The summed E-state index contributed by atoms with van der Waals surface area (Å²) in [7, 11) is 0. The summed E-state index contributed by atoms with van der Waals surface area (Å²) in [6.45, 7) is 6.80. The Balaban J connectivity index is 2.24. The van der Waals surface area contributed by atoms with Crippen molar-refractivity contribution in [1.29, 1.82) is 5.26 Å². The van der Waals surface area contributed by atoms with Gasteiger partial charge in [0.25, 0.3) is 0 Å². The molecule has 0 aliphatic carbocycles. The monoisotopic (exact) mass is 320 g/mol. The quantitative estimate of drug-likeness (QED) is 0.752. The van der Waals surface area contributed by atoms with Crippen molar-refractivity contribution in [3.8, 4) is 6.07 Å². The Kier molecular flexibility index (Phi) is 4.52. The fourth-order valence-electron chi connectivity index (χ4n) is 2.70. The van der Waals surface area contributed by atoms with E-state index in [1.165, 1.54) is 19.3 Å². The Bertz CT molecular complexity index is 488. The third-order valence-corrected chi connectivity index (χ3v) is 4.66. The van der Waals surface area contributed by atoms with Crippen molar-refractivity contribution >= 4 is 21.6 Å². The van der Waals surface area contributed by atoms with Crippen LogP contribution in [0.15, 0.2) is 18.2 Å². The van der Waals surface area contributed by atoms with Crippen LogP contribution in [0.4, 0.5) is 5.69 Å².